The fourth-order valence-corrected chi connectivity index (χ4v) is 9.35. The van der Waals surface area contributed by atoms with Crippen LogP contribution in [-0.4, -0.2) is 55.3 Å². The molecule has 4 aliphatic rings. The average Bonchev–Trinajstić information content (AvgIpc) is 3.09. The average molecular weight is 491 g/mol. The quantitative estimate of drug-likeness (QED) is 0.304. The van der Waals surface area contributed by atoms with E-state index >= 15 is 0 Å². The molecule has 35 heavy (non-hydrogen) atoms. The minimum atomic E-state index is -0.648. The fraction of sp³-hybridized carbons (Fsp3) is 0.933. The van der Waals surface area contributed by atoms with Crippen molar-refractivity contribution in [3.8, 4) is 0 Å². The van der Waals surface area contributed by atoms with Crippen molar-refractivity contribution in [2.24, 2.45) is 40.4 Å². The second-order valence-electron chi connectivity index (χ2n) is 14.3. The van der Waals surface area contributed by atoms with Crippen LogP contribution in [0.3, 0.4) is 0 Å². The molecule has 200 valence electrons. The van der Waals surface area contributed by atoms with Crippen LogP contribution in [0.25, 0.3) is 0 Å². The van der Waals surface area contributed by atoms with E-state index in [0.29, 0.717) is 35.5 Å². The number of carbonyl (C=O) groups is 2. The van der Waals surface area contributed by atoms with Gasteiger partial charge in [0.25, 0.3) is 0 Å². The molecule has 1 N–H and O–H groups in total. The monoisotopic (exact) mass is 490 g/mol. The second-order valence-corrected chi connectivity index (χ2v) is 14.3. The number of hydrogen-bond acceptors (Lipinski definition) is 3. The molecular weight excluding hydrogens is 438 g/mol. The van der Waals surface area contributed by atoms with Gasteiger partial charge in [0, 0.05) is 12.8 Å². The van der Waals surface area contributed by atoms with Crippen LogP contribution in [0.5, 0.6) is 0 Å². The van der Waals surface area contributed by atoms with Gasteiger partial charge in [0.1, 0.15) is 6.10 Å². The van der Waals surface area contributed by atoms with Crippen molar-refractivity contribution >= 4 is 11.9 Å². The zero-order valence-corrected chi connectivity index (χ0v) is 23.2. The lowest BCUT2D eigenvalue weighted by Gasteiger charge is -2.61. The van der Waals surface area contributed by atoms with Gasteiger partial charge < -0.3 is 14.3 Å². The molecule has 0 heterocycles. The predicted molar refractivity (Wildman–Crippen MR) is 139 cm³/mol. The number of nitrogens with zero attached hydrogens (tertiary/aromatic N) is 1. The van der Waals surface area contributed by atoms with Crippen LogP contribution in [0.4, 0.5) is 0 Å². The fourth-order valence-electron chi connectivity index (χ4n) is 9.35. The molecular formula is C30H52NO4+. The molecule has 5 heteroatoms. The van der Waals surface area contributed by atoms with Crippen LogP contribution in [0.1, 0.15) is 104 Å². The number of ether oxygens (including phenoxy) is 1. The molecule has 0 bridgehead atoms. The lowest BCUT2D eigenvalue weighted by molar-refractivity contribution is -0.870. The Balaban J connectivity index is 1.32. The highest BCUT2D eigenvalue weighted by Gasteiger charge is 2.60. The van der Waals surface area contributed by atoms with Crippen LogP contribution in [0.2, 0.25) is 0 Å². The topological polar surface area (TPSA) is 63.6 Å². The molecule has 4 aliphatic carbocycles. The second kappa shape index (κ2) is 10.3. The minimum Gasteiger partial charge on any atom is -0.481 e. The first-order valence-corrected chi connectivity index (χ1v) is 14.6. The lowest BCUT2D eigenvalue weighted by Crippen LogP contribution is -2.54. The van der Waals surface area contributed by atoms with Gasteiger partial charge in [-0.1, -0.05) is 13.8 Å². The highest BCUT2D eigenvalue weighted by Crippen LogP contribution is 2.68. The minimum absolute atomic E-state index is 0.00840. The summed E-state index contributed by atoms with van der Waals surface area (Å²) < 4.78 is 6.89. The van der Waals surface area contributed by atoms with Crippen molar-refractivity contribution in [1.82, 2.24) is 0 Å². The van der Waals surface area contributed by atoms with Gasteiger partial charge in [-0.25, -0.2) is 0 Å². The van der Waals surface area contributed by atoms with E-state index in [2.05, 4.69) is 35.0 Å². The van der Waals surface area contributed by atoms with Gasteiger partial charge in [0.05, 0.1) is 34.1 Å². The maximum atomic E-state index is 12.5. The summed E-state index contributed by atoms with van der Waals surface area (Å²) >= 11 is 0. The number of quaternary nitrogens is 1. The van der Waals surface area contributed by atoms with Gasteiger partial charge in [0.2, 0.25) is 0 Å². The van der Waals surface area contributed by atoms with Crippen LogP contribution >= 0.6 is 0 Å². The molecule has 8 atom stereocenters. The Morgan fingerprint density at radius 3 is 2.31 bits per heavy atom. The smallest absolute Gasteiger partial charge is 0.306 e. The summed E-state index contributed by atoms with van der Waals surface area (Å²) in [7, 11) is 6.51. The Kier molecular flexibility index (Phi) is 7.96. The summed E-state index contributed by atoms with van der Waals surface area (Å²) in [6, 6.07) is 0. The Morgan fingerprint density at radius 2 is 1.60 bits per heavy atom. The molecule has 0 aromatic heterocycles. The van der Waals surface area contributed by atoms with E-state index < -0.39 is 5.97 Å². The normalized spacial score (nSPS) is 40.9. The summed E-state index contributed by atoms with van der Waals surface area (Å²) in [6.07, 6.45) is 15.1. The number of esters is 1. The standard InChI is InChI=1S/C30H51NO4/c1-29-18-16-26-24(25(29)14-12-21(29)8-6-9-27(32)33)13-11-22-20-23(15-17-30(22,26)2)35-28(34)10-7-19-31(3,4)5/h21-26H,6-20H2,1-5H3/p+1/t21?,22-,23+,24?,25?,26?,29-,30+/m1/s1. The number of rotatable bonds is 9. The third kappa shape index (κ3) is 5.75. The van der Waals surface area contributed by atoms with Crippen molar-refractivity contribution in [2.45, 2.75) is 110 Å². The van der Waals surface area contributed by atoms with Crippen molar-refractivity contribution in [3.05, 3.63) is 0 Å². The Labute approximate surface area is 213 Å². The van der Waals surface area contributed by atoms with Crippen LogP contribution < -0.4 is 0 Å². The molecule has 0 aromatic carbocycles. The molecule has 0 spiro atoms. The Morgan fingerprint density at radius 1 is 0.886 bits per heavy atom. The largest absolute Gasteiger partial charge is 0.481 e. The molecule has 4 rings (SSSR count). The van der Waals surface area contributed by atoms with Crippen molar-refractivity contribution in [2.75, 3.05) is 27.7 Å². The van der Waals surface area contributed by atoms with Gasteiger partial charge in [-0.2, -0.15) is 0 Å². The first kappa shape index (κ1) is 26.9. The molecule has 0 saturated heterocycles. The summed E-state index contributed by atoms with van der Waals surface area (Å²) in [5.74, 6) is 3.25. The number of carboxylic acids is 1. The number of aliphatic carboxylic acids is 1. The third-order valence-corrected chi connectivity index (χ3v) is 11.3. The van der Waals surface area contributed by atoms with Crippen LogP contribution in [0, 0.1) is 40.4 Å². The number of carboxylic acid groups (broad SMARTS) is 1. The van der Waals surface area contributed by atoms with Gasteiger partial charge in [-0.3, -0.25) is 9.59 Å². The molecule has 0 aliphatic heterocycles. The number of hydrogen-bond donors (Lipinski definition) is 1. The Hall–Kier alpha value is -1.10. The van der Waals surface area contributed by atoms with Crippen molar-refractivity contribution in [3.63, 3.8) is 0 Å². The highest BCUT2D eigenvalue weighted by atomic mass is 16.5. The van der Waals surface area contributed by atoms with Gasteiger partial charge in [0.15, 0.2) is 0 Å². The zero-order valence-electron chi connectivity index (χ0n) is 23.2. The molecule has 0 radical (unpaired) electrons. The van der Waals surface area contributed by atoms with Crippen molar-refractivity contribution < 1.29 is 23.9 Å². The van der Waals surface area contributed by atoms with E-state index in [1.807, 2.05) is 0 Å². The van der Waals surface area contributed by atoms with Gasteiger partial charge >= 0.3 is 11.9 Å². The van der Waals surface area contributed by atoms with Crippen molar-refractivity contribution in [1.29, 1.82) is 0 Å². The Bertz CT molecular complexity index is 775. The van der Waals surface area contributed by atoms with E-state index in [4.69, 9.17) is 9.84 Å². The maximum absolute atomic E-state index is 12.5. The van der Waals surface area contributed by atoms with E-state index in [0.717, 1.165) is 60.9 Å². The predicted octanol–water partition coefficient (Wildman–Crippen LogP) is 6.30. The maximum Gasteiger partial charge on any atom is 0.306 e. The summed E-state index contributed by atoms with van der Waals surface area (Å²) in [5.41, 5.74) is 0.819. The summed E-state index contributed by atoms with van der Waals surface area (Å²) in [5, 5.41) is 9.08. The molecule has 4 saturated carbocycles. The number of carbonyl (C=O) groups excluding carboxylic acids is 1. The van der Waals surface area contributed by atoms with E-state index in [9.17, 15) is 9.59 Å². The van der Waals surface area contributed by atoms with E-state index in [1.54, 1.807) is 0 Å². The molecule has 0 amide bonds. The lowest BCUT2D eigenvalue weighted by atomic mass is 9.44. The van der Waals surface area contributed by atoms with Crippen LogP contribution in [-0.2, 0) is 14.3 Å². The number of fused-ring (bicyclic) bond motifs is 5. The molecule has 0 aromatic rings. The third-order valence-electron chi connectivity index (χ3n) is 11.3. The van der Waals surface area contributed by atoms with Crippen LogP contribution in [0.15, 0.2) is 0 Å². The zero-order chi connectivity index (χ0) is 25.4. The van der Waals surface area contributed by atoms with Gasteiger partial charge in [-0.05, 0) is 111 Å². The first-order valence-electron chi connectivity index (χ1n) is 14.6. The highest BCUT2D eigenvalue weighted by molar-refractivity contribution is 5.69. The SMILES string of the molecule is C[C@]12CCC3C(CC[C@@H]4C[C@@H](OC(=O)CCC[N+](C)(C)C)CC[C@]34C)C1CCC2CCCC(=O)O. The summed E-state index contributed by atoms with van der Waals surface area (Å²) in [6.45, 7) is 6.13. The first-order chi connectivity index (χ1) is 16.4. The summed E-state index contributed by atoms with van der Waals surface area (Å²) in [4.78, 5) is 23.5. The molecule has 5 nitrogen and oxygen atoms in total. The van der Waals surface area contributed by atoms with Gasteiger partial charge in [-0.15, -0.1) is 0 Å². The molecule has 4 fully saturated rings. The van der Waals surface area contributed by atoms with E-state index in [1.165, 1.54) is 44.9 Å². The molecule has 4 unspecified atom stereocenters. The van der Waals surface area contributed by atoms with E-state index in [-0.39, 0.29) is 12.1 Å².